The van der Waals surface area contributed by atoms with Crippen LogP contribution in [-0.4, -0.2) is 74.1 Å². The van der Waals surface area contributed by atoms with Gasteiger partial charge in [0.05, 0.1) is 12.7 Å². The third-order valence-electron chi connectivity index (χ3n) is 3.38. The van der Waals surface area contributed by atoms with Gasteiger partial charge in [0.2, 0.25) is 0 Å². The molecule has 9 heteroatoms. The van der Waals surface area contributed by atoms with Gasteiger partial charge in [0.15, 0.2) is 11.8 Å². The lowest BCUT2D eigenvalue weighted by atomic mass is 10.00. The maximum atomic E-state index is 11.7. The zero-order valence-corrected chi connectivity index (χ0v) is 10.2. The van der Waals surface area contributed by atoms with Crippen molar-refractivity contribution in [1.29, 1.82) is 0 Å². The molecule has 2 aliphatic rings. The molecule has 0 radical (unpaired) electrons. The van der Waals surface area contributed by atoms with Crippen molar-refractivity contribution in [3.05, 3.63) is 0 Å². The van der Waals surface area contributed by atoms with E-state index < -0.39 is 48.8 Å². The van der Waals surface area contributed by atoms with Crippen LogP contribution in [0.25, 0.3) is 0 Å². The molecule has 0 aromatic carbocycles. The maximum absolute atomic E-state index is 11.7. The van der Waals surface area contributed by atoms with E-state index in [4.69, 9.17) is 9.84 Å². The van der Waals surface area contributed by atoms with Crippen molar-refractivity contribution < 1.29 is 34.8 Å². The van der Waals surface area contributed by atoms with E-state index in [2.05, 4.69) is 0 Å². The standard InChI is InChI=1S/C10H16N2O7/c1-10(18)7(15)11-9(17)12(8(10)16)6-2-4(14)5(3-13)19-6/h4-6,8,13-14,16,18H,2-3H2,1H3,(H,11,15,17)/t4-,5+,6+,8?,10?/m0/s1. The predicted octanol–water partition coefficient (Wildman–Crippen LogP) is -2.92. The second kappa shape index (κ2) is 4.69. The number of aliphatic hydroxyl groups excluding tert-OH is 3. The van der Waals surface area contributed by atoms with E-state index in [0.29, 0.717) is 0 Å². The second-order valence-electron chi connectivity index (χ2n) is 4.80. The van der Waals surface area contributed by atoms with Gasteiger partial charge < -0.3 is 25.2 Å². The Bertz CT molecular complexity index is 399. The Labute approximate surface area is 108 Å². The summed E-state index contributed by atoms with van der Waals surface area (Å²) in [5.41, 5.74) is -2.18. The van der Waals surface area contributed by atoms with E-state index in [1.165, 1.54) is 0 Å². The van der Waals surface area contributed by atoms with E-state index >= 15 is 0 Å². The van der Waals surface area contributed by atoms with Gasteiger partial charge in [-0.1, -0.05) is 0 Å². The first-order valence-electron chi connectivity index (χ1n) is 5.77. The fourth-order valence-electron chi connectivity index (χ4n) is 2.13. The molecule has 3 amide bonds. The molecule has 108 valence electrons. The molecule has 5 N–H and O–H groups in total. The molecule has 2 rings (SSSR count). The highest BCUT2D eigenvalue weighted by Gasteiger charge is 2.53. The first-order valence-corrected chi connectivity index (χ1v) is 5.77. The van der Waals surface area contributed by atoms with Crippen LogP contribution in [0.3, 0.4) is 0 Å². The third kappa shape index (κ3) is 2.19. The highest BCUT2D eigenvalue weighted by atomic mass is 16.6. The number of nitrogens with zero attached hydrogens (tertiary/aromatic N) is 1. The van der Waals surface area contributed by atoms with Crippen LogP contribution in [-0.2, 0) is 9.53 Å². The Morgan fingerprint density at radius 1 is 1.47 bits per heavy atom. The molecule has 2 heterocycles. The molecule has 0 saturated carbocycles. The van der Waals surface area contributed by atoms with Gasteiger partial charge in [-0.3, -0.25) is 15.0 Å². The van der Waals surface area contributed by atoms with Crippen LogP contribution in [0.1, 0.15) is 13.3 Å². The van der Waals surface area contributed by atoms with Crippen LogP contribution < -0.4 is 5.32 Å². The molecule has 2 unspecified atom stereocenters. The first-order chi connectivity index (χ1) is 8.78. The Morgan fingerprint density at radius 3 is 2.63 bits per heavy atom. The summed E-state index contributed by atoms with van der Waals surface area (Å²) in [6, 6.07) is -0.931. The number of hydrogen-bond donors (Lipinski definition) is 5. The molecule has 0 aromatic rings. The van der Waals surface area contributed by atoms with E-state index in [-0.39, 0.29) is 6.42 Å². The molecule has 2 fully saturated rings. The molecule has 19 heavy (non-hydrogen) atoms. The molecule has 0 aliphatic carbocycles. The Kier molecular flexibility index (Phi) is 3.49. The van der Waals surface area contributed by atoms with Gasteiger partial charge in [0.25, 0.3) is 5.91 Å². The zero-order chi connectivity index (χ0) is 14.4. The lowest BCUT2D eigenvalue weighted by Gasteiger charge is -2.42. The fourth-order valence-corrected chi connectivity index (χ4v) is 2.13. The minimum absolute atomic E-state index is 0.0417. The highest BCUT2D eigenvalue weighted by Crippen LogP contribution is 2.29. The van der Waals surface area contributed by atoms with Crippen molar-refractivity contribution in [1.82, 2.24) is 10.2 Å². The number of rotatable bonds is 2. The summed E-state index contributed by atoms with van der Waals surface area (Å²) in [4.78, 5) is 23.8. The van der Waals surface area contributed by atoms with Crippen LogP contribution in [0.5, 0.6) is 0 Å². The number of aliphatic hydroxyl groups is 4. The average Bonchev–Trinajstić information content (AvgIpc) is 2.68. The number of carbonyl (C=O) groups is 2. The summed E-state index contributed by atoms with van der Waals surface area (Å²) in [6.07, 6.45) is -4.77. The van der Waals surface area contributed by atoms with Crippen LogP contribution in [0.2, 0.25) is 0 Å². The number of imide groups is 1. The number of nitrogens with one attached hydrogen (secondary N) is 1. The number of carbonyl (C=O) groups excluding carboxylic acids is 2. The minimum Gasteiger partial charge on any atom is -0.394 e. The summed E-state index contributed by atoms with van der Waals surface area (Å²) in [7, 11) is 0. The van der Waals surface area contributed by atoms with Gasteiger partial charge in [-0.2, -0.15) is 0 Å². The molecule has 2 saturated heterocycles. The van der Waals surface area contributed by atoms with Gasteiger partial charge in [0, 0.05) is 6.42 Å². The van der Waals surface area contributed by atoms with Gasteiger partial charge in [-0.15, -0.1) is 0 Å². The van der Waals surface area contributed by atoms with Gasteiger partial charge in [0.1, 0.15) is 12.3 Å². The minimum atomic E-state index is -2.18. The quantitative estimate of drug-likeness (QED) is 0.364. The highest BCUT2D eigenvalue weighted by molar-refractivity contribution is 6.01. The van der Waals surface area contributed by atoms with Crippen LogP contribution >= 0.6 is 0 Å². The first kappa shape index (κ1) is 14.2. The van der Waals surface area contributed by atoms with Crippen molar-refractivity contribution in [2.45, 2.75) is 43.6 Å². The third-order valence-corrected chi connectivity index (χ3v) is 3.38. The Morgan fingerprint density at radius 2 is 2.11 bits per heavy atom. The molecule has 5 atom stereocenters. The molecule has 2 aliphatic heterocycles. The van der Waals surface area contributed by atoms with E-state index in [1.54, 1.807) is 0 Å². The number of ether oxygens (including phenoxy) is 1. The average molecular weight is 276 g/mol. The largest absolute Gasteiger partial charge is 0.394 e. The summed E-state index contributed by atoms with van der Waals surface area (Å²) >= 11 is 0. The summed E-state index contributed by atoms with van der Waals surface area (Å²) in [5, 5.41) is 40.2. The molecule has 9 nitrogen and oxygen atoms in total. The monoisotopic (exact) mass is 276 g/mol. The lowest BCUT2D eigenvalue weighted by molar-refractivity contribution is -0.193. The zero-order valence-electron chi connectivity index (χ0n) is 10.2. The van der Waals surface area contributed by atoms with Gasteiger partial charge in [-0.05, 0) is 6.92 Å². The molecular formula is C10H16N2O7. The number of amides is 3. The van der Waals surface area contributed by atoms with Crippen molar-refractivity contribution in [2.75, 3.05) is 6.61 Å². The number of hydrogen-bond acceptors (Lipinski definition) is 7. The summed E-state index contributed by atoms with van der Waals surface area (Å²) in [6.45, 7) is 0.611. The van der Waals surface area contributed by atoms with Crippen molar-refractivity contribution in [3.63, 3.8) is 0 Å². The van der Waals surface area contributed by atoms with E-state index in [1.807, 2.05) is 5.32 Å². The Hall–Kier alpha value is -1.26. The van der Waals surface area contributed by atoms with E-state index in [0.717, 1.165) is 11.8 Å². The second-order valence-corrected chi connectivity index (χ2v) is 4.80. The lowest BCUT2D eigenvalue weighted by Crippen LogP contribution is -2.70. The molecule has 0 spiro atoms. The van der Waals surface area contributed by atoms with Gasteiger partial charge >= 0.3 is 6.03 Å². The topological polar surface area (TPSA) is 140 Å². The maximum Gasteiger partial charge on any atom is 0.328 e. The SMILES string of the molecule is CC1(O)C(=O)NC(=O)N([C@H]2C[C@H](O)[C@@H](CO)O2)C1O. The summed E-state index contributed by atoms with van der Waals surface area (Å²) < 4.78 is 5.21. The smallest absolute Gasteiger partial charge is 0.328 e. The van der Waals surface area contributed by atoms with Gasteiger partial charge in [-0.25, -0.2) is 4.79 Å². The Balaban J connectivity index is 2.20. The molecule has 0 aromatic heterocycles. The molecule has 0 bridgehead atoms. The van der Waals surface area contributed by atoms with Crippen molar-refractivity contribution in [2.24, 2.45) is 0 Å². The van der Waals surface area contributed by atoms with Crippen LogP contribution in [0, 0.1) is 0 Å². The van der Waals surface area contributed by atoms with Crippen LogP contribution in [0.15, 0.2) is 0 Å². The summed E-state index contributed by atoms with van der Waals surface area (Å²) in [5.74, 6) is -1.02. The predicted molar refractivity (Wildman–Crippen MR) is 58.4 cm³/mol. The van der Waals surface area contributed by atoms with Crippen molar-refractivity contribution >= 4 is 11.9 Å². The van der Waals surface area contributed by atoms with Crippen molar-refractivity contribution in [3.8, 4) is 0 Å². The molecular weight excluding hydrogens is 260 g/mol. The van der Waals surface area contributed by atoms with Crippen LogP contribution in [0.4, 0.5) is 4.79 Å². The fraction of sp³-hybridized carbons (Fsp3) is 0.800. The van der Waals surface area contributed by atoms with E-state index in [9.17, 15) is 24.9 Å². The normalized spacial score (nSPS) is 43.5. The number of urea groups is 1.